The molecule has 0 amide bonds. The van der Waals surface area contributed by atoms with E-state index in [1.165, 1.54) is 44.1 Å². The number of fused-ring (bicyclic) bond motifs is 3. The van der Waals surface area contributed by atoms with Crippen molar-refractivity contribution >= 4 is 38.9 Å². The average Bonchev–Trinajstić information content (AvgIpc) is 3.12. The van der Waals surface area contributed by atoms with Crippen LogP contribution in [0.5, 0.6) is 0 Å². The number of hydrogen-bond donors (Lipinski definition) is 3. The maximum Gasteiger partial charge on any atom is 0.188 e. The summed E-state index contributed by atoms with van der Waals surface area (Å²) in [5, 5.41) is 13.7. The van der Waals surface area contributed by atoms with E-state index < -0.39 is 0 Å². The van der Waals surface area contributed by atoms with Gasteiger partial charge in [-0.3, -0.25) is 5.41 Å². The van der Waals surface area contributed by atoms with Gasteiger partial charge < -0.3 is 20.5 Å². The molecule has 5 nitrogen and oxygen atoms in total. The van der Waals surface area contributed by atoms with Crippen molar-refractivity contribution in [2.24, 2.45) is 5.73 Å². The van der Waals surface area contributed by atoms with Crippen molar-refractivity contribution in [2.45, 2.75) is 26.3 Å². The zero-order chi connectivity index (χ0) is 20.7. The summed E-state index contributed by atoms with van der Waals surface area (Å²) >= 11 is 0. The van der Waals surface area contributed by atoms with Crippen molar-refractivity contribution in [2.75, 3.05) is 26.2 Å². The molecule has 4 N–H and O–H groups in total. The molecule has 5 heteroatoms. The summed E-state index contributed by atoms with van der Waals surface area (Å²) in [6.45, 7) is 6.71. The Bertz CT molecular complexity index is 1200. The van der Waals surface area contributed by atoms with Crippen LogP contribution in [0.4, 0.5) is 0 Å². The summed E-state index contributed by atoms with van der Waals surface area (Å²) in [6.07, 6.45) is 6.55. The van der Waals surface area contributed by atoms with Gasteiger partial charge >= 0.3 is 0 Å². The van der Waals surface area contributed by atoms with Gasteiger partial charge in [0, 0.05) is 48.0 Å². The van der Waals surface area contributed by atoms with Crippen LogP contribution in [0.15, 0.2) is 48.6 Å². The van der Waals surface area contributed by atoms with Gasteiger partial charge in [-0.25, -0.2) is 0 Å². The summed E-state index contributed by atoms with van der Waals surface area (Å²) in [4.78, 5) is 1.91. The van der Waals surface area contributed by atoms with Crippen LogP contribution in [0.1, 0.15) is 30.9 Å². The van der Waals surface area contributed by atoms with Gasteiger partial charge in [-0.05, 0) is 72.8 Å². The molecule has 154 valence electrons. The molecule has 2 aromatic carbocycles. The molecule has 0 aliphatic carbocycles. The molecule has 30 heavy (non-hydrogen) atoms. The van der Waals surface area contributed by atoms with E-state index in [-0.39, 0.29) is 5.96 Å². The third kappa shape index (κ3) is 3.19. The second-order valence-corrected chi connectivity index (χ2v) is 8.20. The highest BCUT2D eigenvalue weighted by Gasteiger charge is 2.17. The van der Waals surface area contributed by atoms with Crippen LogP contribution >= 0.6 is 0 Å². The highest BCUT2D eigenvalue weighted by molar-refractivity contribution is 6.09. The summed E-state index contributed by atoms with van der Waals surface area (Å²) in [5.41, 5.74) is 13.7. The molecule has 1 aromatic heterocycles. The number of guanidine groups is 1. The number of hydrogen-bond acceptors (Lipinski definition) is 2. The molecule has 0 bridgehead atoms. The molecule has 5 rings (SSSR count). The zero-order valence-electron chi connectivity index (χ0n) is 17.5. The van der Waals surface area contributed by atoms with Crippen LogP contribution in [0.25, 0.3) is 33.0 Å². The van der Waals surface area contributed by atoms with Gasteiger partial charge in [0.2, 0.25) is 0 Å². The topological polar surface area (TPSA) is 70.1 Å². The van der Waals surface area contributed by atoms with Crippen molar-refractivity contribution < 1.29 is 0 Å². The van der Waals surface area contributed by atoms with Gasteiger partial charge in [-0.15, -0.1) is 0 Å². The smallest absolute Gasteiger partial charge is 0.188 e. The van der Waals surface area contributed by atoms with Crippen molar-refractivity contribution in [1.29, 1.82) is 5.41 Å². The van der Waals surface area contributed by atoms with E-state index in [9.17, 15) is 0 Å². The fourth-order valence-corrected chi connectivity index (χ4v) is 4.88. The Balaban J connectivity index is 1.62. The summed E-state index contributed by atoms with van der Waals surface area (Å²) < 4.78 is 2.42. The van der Waals surface area contributed by atoms with Crippen LogP contribution in [-0.2, 0) is 6.54 Å². The average molecular weight is 400 g/mol. The molecular formula is C25H29N5. The lowest BCUT2D eigenvalue weighted by Gasteiger charge is -2.26. The van der Waals surface area contributed by atoms with Crippen LogP contribution < -0.4 is 11.1 Å². The van der Waals surface area contributed by atoms with Crippen LogP contribution in [0.2, 0.25) is 0 Å². The second-order valence-electron chi connectivity index (χ2n) is 8.20. The minimum atomic E-state index is 0.159. The number of nitrogens with one attached hydrogen (secondary N) is 2. The molecule has 0 fully saturated rings. The molecule has 0 atom stereocenters. The Morgan fingerprint density at radius 3 is 2.17 bits per heavy atom. The van der Waals surface area contributed by atoms with E-state index in [1.54, 1.807) is 0 Å². The normalized spacial score (nSPS) is 17.3. The lowest BCUT2D eigenvalue weighted by Crippen LogP contribution is -2.39. The maximum atomic E-state index is 7.65. The van der Waals surface area contributed by atoms with Crippen LogP contribution in [-0.4, -0.2) is 41.6 Å². The maximum absolute atomic E-state index is 7.65. The van der Waals surface area contributed by atoms with Crippen LogP contribution in [0, 0.1) is 5.41 Å². The van der Waals surface area contributed by atoms with E-state index in [0.29, 0.717) is 6.54 Å². The Hall–Kier alpha value is -3.05. The Kier molecular flexibility index (Phi) is 4.83. The molecular weight excluding hydrogens is 370 g/mol. The van der Waals surface area contributed by atoms with Crippen LogP contribution in [0.3, 0.4) is 0 Å². The van der Waals surface area contributed by atoms with Crippen molar-refractivity contribution in [3.8, 4) is 0 Å². The monoisotopic (exact) mass is 399 g/mol. The molecule has 0 radical (unpaired) electrons. The predicted molar refractivity (Wildman–Crippen MR) is 127 cm³/mol. The second kappa shape index (κ2) is 7.65. The minimum Gasteiger partial charge on any atom is -0.370 e. The van der Waals surface area contributed by atoms with E-state index in [1.807, 2.05) is 4.90 Å². The van der Waals surface area contributed by atoms with Gasteiger partial charge in [0.1, 0.15) is 0 Å². The largest absolute Gasteiger partial charge is 0.370 e. The third-order valence-corrected chi connectivity index (χ3v) is 6.54. The Morgan fingerprint density at radius 1 is 1.00 bits per heavy atom. The molecule has 2 aliphatic rings. The molecule has 0 spiro atoms. The summed E-state index contributed by atoms with van der Waals surface area (Å²) in [7, 11) is 0. The first kappa shape index (κ1) is 18.9. The minimum absolute atomic E-state index is 0.159. The SMILES string of the molecule is CCn1c2ccc(C3=CCNCC3)cc2c2cc(C3=CCN(C(=N)N)CC3)ccc21. The van der Waals surface area contributed by atoms with Crippen molar-refractivity contribution in [1.82, 2.24) is 14.8 Å². The molecule has 3 heterocycles. The predicted octanol–water partition coefficient (Wildman–Crippen LogP) is 4.17. The number of nitrogens with zero attached hydrogens (tertiary/aromatic N) is 2. The number of aryl methyl sites for hydroxylation is 1. The van der Waals surface area contributed by atoms with Gasteiger partial charge in [0.05, 0.1) is 0 Å². The first-order valence-corrected chi connectivity index (χ1v) is 10.9. The quantitative estimate of drug-likeness (QED) is 0.457. The standard InChI is InChI=1S/C25H29N5/c1-2-30-23-5-3-19(17-7-11-28-12-8-17)15-21(23)22-16-20(4-6-24(22)30)18-9-13-29(14-10-18)25(26)27/h3-7,9,15-16,28H,2,8,10-14H2,1H3,(H3,26,27). The summed E-state index contributed by atoms with van der Waals surface area (Å²) in [5.74, 6) is 0.159. The lowest BCUT2D eigenvalue weighted by atomic mass is 9.96. The highest BCUT2D eigenvalue weighted by atomic mass is 15.2. The van der Waals surface area contributed by atoms with Gasteiger partial charge in [-0.2, -0.15) is 0 Å². The Morgan fingerprint density at radius 2 is 1.67 bits per heavy atom. The molecule has 0 unspecified atom stereocenters. The van der Waals surface area contributed by atoms with Crippen molar-refractivity contribution in [3.05, 3.63) is 59.7 Å². The van der Waals surface area contributed by atoms with E-state index in [4.69, 9.17) is 11.1 Å². The first-order chi connectivity index (χ1) is 14.7. The number of rotatable bonds is 3. The molecule has 0 saturated carbocycles. The van der Waals surface area contributed by atoms with Gasteiger partial charge in [0.15, 0.2) is 5.96 Å². The first-order valence-electron chi connectivity index (χ1n) is 10.9. The van der Waals surface area contributed by atoms with E-state index in [0.717, 1.165) is 39.0 Å². The van der Waals surface area contributed by atoms with Crippen molar-refractivity contribution in [3.63, 3.8) is 0 Å². The zero-order valence-corrected chi connectivity index (χ0v) is 17.5. The fourth-order valence-electron chi connectivity index (χ4n) is 4.88. The van der Waals surface area contributed by atoms with Gasteiger partial charge in [-0.1, -0.05) is 24.3 Å². The summed E-state index contributed by atoms with van der Waals surface area (Å²) in [6, 6.07) is 13.8. The highest BCUT2D eigenvalue weighted by Crippen LogP contribution is 2.35. The van der Waals surface area contributed by atoms with Gasteiger partial charge in [0.25, 0.3) is 0 Å². The Labute approximate surface area is 177 Å². The molecule has 0 saturated heterocycles. The fraction of sp³-hybridized carbons (Fsp3) is 0.320. The third-order valence-electron chi connectivity index (χ3n) is 6.54. The molecule has 3 aromatic rings. The number of nitrogens with two attached hydrogens (primary N) is 1. The van der Waals surface area contributed by atoms with E-state index in [2.05, 4.69) is 65.4 Å². The number of aromatic nitrogens is 1. The lowest BCUT2D eigenvalue weighted by molar-refractivity contribution is 0.451. The van der Waals surface area contributed by atoms with E-state index >= 15 is 0 Å². The number of benzene rings is 2. The molecule has 2 aliphatic heterocycles.